The lowest BCUT2D eigenvalue weighted by Gasteiger charge is -2.14. The van der Waals surface area contributed by atoms with Gasteiger partial charge in [-0.1, -0.05) is 26.0 Å². The largest absolute Gasteiger partial charge is 0.364 e. The zero-order chi connectivity index (χ0) is 17.8. The molecular weight excluding hydrogens is 387 g/mol. The average Bonchev–Trinajstić information content (AvgIpc) is 3.24. The number of nitrogens with one attached hydrogen (secondary N) is 1. The van der Waals surface area contributed by atoms with Crippen LogP contribution in [0, 0.1) is 0 Å². The summed E-state index contributed by atoms with van der Waals surface area (Å²) in [6, 6.07) is 7.90. The van der Waals surface area contributed by atoms with Crippen molar-refractivity contribution in [3.63, 3.8) is 0 Å². The zero-order valence-corrected chi connectivity index (χ0v) is 17.3. The summed E-state index contributed by atoms with van der Waals surface area (Å²) in [6.07, 6.45) is 4.97. The molecule has 0 bridgehead atoms. The fourth-order valence-corrected chi connectivity index (χ4v) is 3.19. The van der Waals surface area contributed by atoms with E-state index in [4.69, 9.17) is 10.5 Å². The predicted molar refractivity (Wildman–Crippen MR) is 112 cm³/mol. The van der Waals surface area contributed by atoms with Crippen molar-refractivity contribution in [2.45, 2.75) is 51.4 Å². The number of anilines is 1. The van der Waals surface area contributed by atoms with E-state index in [1.165, 1.54) is 0 Å². The Kier molecular flexibility index (Phi) is 9.26. The summed E-state index contributed by atoms with van der Waals surface area (Å²) in [5.41, 5.74) is 7.50. The van der Waals surface area contributed by atoms with Crippen molar-refractivity contribution in [3.8, 4) is 0 Å². The number of halogens is 2. The summed E-state index contributed by atoms with van der Waals surface area (Å²) in [7, 11) is 0. The van der Waals surface area contributed by atoms with E-state index >= 15 is 0 Å². The van der Waals surface area contributed by atoms with Crippen molar-refractivity contribution in [2.24, 2.45) is 5.73 Å². The van der Waals surface area contributed by atoms with Gasteiger partial charge in [-0.15, -0.1) is 24.8 Å². The molecule has 27 heavy (non-hydrogen) atoms. The maximum atomic E-state index is 12.4. The second-order valence-electron chi connectivity index (χ2n) is 6.82. The number of hydrogen-bond donors (Lipinski definition) is 2. The van der Waals surface area contributed by atoms with Gasteiger partial charge in [-0.3, -0.25) is 4.79 Å². The van der Waals surface area contributed by atoms with E-state index in [0.717, 1.165) is 36.5 Å². The van der Waals surface area contributed by atoms with Crippen LogP contribution in [0.15, 0.2) is 36.7 Å². The summed E-state index contributed by atoms with van der Waals surface area (Å²) in [6.45, 7) is 5.45. The minimum absolute atomic E-state index is 0. The van der Waals surface area contributed by atoms with Gasteiger partial charge in [0.2, 0.25) is 0 Å². The van der Waals surface area contributed by atoms with E-state index < -0.39 is 6.10 Å². The highest BCUT2D eigenvalue weighted by Gasteiger charge is 2.29. The molecule has 1 aromatic heterocycles. The second-order valence-corrected chi connectivity index (χ2v) is 6.82. The van der Waals surface area contributed by atoms with Gasteiger partial charge < -0.3 is 20.4 Å². The van der Waals surface area contributed by atoms with Crippen molar-refractivity contribution in [2.75, 3.05) is 11.9 Å². The molecule has 0 spiro atoms. The molecule has 0 saturated carbocycles. The topological polar surface area (TPSA) is 82.2 Å². The third-order valence-corrected chi connectivity index (χ3v) is 4.47. The van der Waals surface area contributed by atoms with Crippen molar-refractivity contribution in [3.05, 3.63) is 48.0 Å². The van der Waals surface area contributed by atoms with Gasteiger partial charge >= 0.3 is 0 Å². The molecule has 2 atom stereocenters. The third kappa shape index (κ3) is 5.94. The normalized spacial score (nSPS) is 18.7. The molecular formula is C19H28Cl2N4O2. The Hall–Kier alpha value is -1.60. The highest BCUT2D eigenvalue weighted by Crippen LogP contribution is 2.21. The van der Waals surface area contributed by atoms with Crippen LogP contribution in [-0.4, -0.2) is 34.2 Å². The Labute approximate surface area is 172 Å². The number of benzene rings is 1. The Balaban J connectivity index is 0.00000182. The number of ether oxygens (including phenoxy) is 1. The van der Waals surface area contributed by atoms with Crippen LogP contribution in [0.3, 0.4) is 0 Å². The lowest BCUT2D eigenvalue weighted by atomic mass is 10.1. The summed E-state index contributed by atoms with van der Waals surface area (Å²) in [5, 5.41) is 2.96. The molecule has 8 heteroatoms. The van der Waals surface area contributed by atoms with Gasteiger partial charge in [-0.2, -0.15) is 0 Å². The molecule has 1 aliphatic rings. The first kappa shape index (κ1) is 23.4. The van der Waals surface area contributed by atoms with Crippen LogP contribution in [0.4, 0.5) is 5.69 Å². The maximum Gasteiger partial charge on any atom is 0.253 e. The molecule has 150 valence electrons. The standard InChI is InChI=1S/C19H26N4O2.2ClH/c1-13(2)18-21-8-9-23(18)12-14-4-3-5-15(10-14)22-19(24)17-7-6-16(11-20)25-17;;/h3-5,8-10,13,16-17H,6-7,11-12,20H2,1-2H3,(H,22,24);2*1H/t16-,17+;;/m1../s1. The van der Waals surface area contributed by atoms with Gasteiger partial charge in [0.25, 0.3) is 5.91 Å². The van der Waals surface area contributed by atoms with Gasteiger partial charge in [0.1, 0.15) is 11.9 Å². The molecule has 3 rings (SSSR count). The Morgan fingerprint density at radius 2 is 2.15 bits per heavy atom. The number of hydrogen-bond acceptors (Lipinski definition) is 4. The Bertz CT molecular complexity index is 736. The molecule has 1 aliphatic heterocycles. The minimum atomic E-state index is -0.404. The second kappa shape index (κ2) is 10.7. The fourth-order valence-electron chi connectivity index (χ4n) is 3.19. The number of nitrogens with two attached hydrogens (primary N) is 1. The molecule has 3 N–H and O–H groups in total. The van der Waals surface area contributed by atoms with Crippen LogP contribution < -0.4 is 11.1 Å². The van der Waals surface area contributed by atoms with Crippen LogP contribution in [0.1, 0.15) is 44.0 Å². The predicted octanol–water partition coefficient (Wildman–Crippen LogP) is 3.34. The molecule has 2 aromatic rings. The first-order chi connectivity index (χ1) is 12.1. The Morgan fingerprint density at radius 3 is 2.81 bits per heavy atom. The molecule has 0 radical (unpaired) electrons. The van der Waals surface area contributed by atoms with Crippen LogP contribution in [0.25, 0.3) is 0 Å². The van der Waals surface area contributed by atoms with Crippen molar-refractivity contribution < 1.29 is 9.53 Å². The fraction of sp³-hybridized carbons (Fsp3) is 0.474. The van der Waals surface area contributed by atoms with Crippen LogP contribution >= 0.6 is 24.8 Å². The van der Waals surface area contributed by atoms with Crippen molar-refractivity contribution in [1.82, 2.24) is 9.55 Å². The van der Waals surface area contributed by atoms with E-state index in [0.29, 0.717) is 12.5 Å². The number of imidazole rings is 1. The highest BCUT2D eigenvalue weighted by molar-refractivity contribution is 5.94. The van der Waals surface area contributed by atoms with E-state index in [9.17, 15) is 4.79 Å². The molecule has 2 heterocycles. The molecule has 0 aliphatic carbocycles. The first-order valence-electron chi connectivity index (χ1n) is 8.83. The summed E-state index contributed by atoms with van der Waals surface area (Å²) in [5.74, 6) is 1.33. The quantitative estimate of drug-likeness (QED) is 0.758. The van der Waals surface area contributed by atoms with E-state index in [-0.39, 0.29) is 36.8 Å². The number of nitrogens with zero attached hydrogens (tertiary/aromatic N) is 2. The summed E-state index contributed by atoms with van der Waals surface area (Å²) < 4.78 is 7.79. The highest BCUT2D eigenvalue weighted by atomic mass is 35.5. The molecule has 1 fully saturated rings. The molecule has 1 aromatic carbocycles. The van der Waals surface area contributed by atoms with E-state index in [1.807, 2.05) is 30.6 Å². The van der Waals surface area contributed by atoms with Crippen molar-refractivity contribution in [1.29, 1.82) is 0 Å². The number of aromatic nitrogens is 2. The van der Waals surface area contributed by atoms with Gasteiger partial charge in [-0.05, 0) is 30.5 Å². The van der Waals surface area contributed by atoms with Crippen molar-refractivity contribution >= 4 is 36.4 Å². The van der Waals surface area contributed by atoms with E-state index in [1.54, 1.807) is 0 Å². The third-order valence-electron chi connectivity index (χ3n) is 4.47. The van der Waals surface area contributed by atoms with Gasteiger partial charge in [-0.25, -0.2) is 4.98 Å². The minimum Gasteiger partial charge on any atom is -0.364 e. The number of carbonyl (C=O) groups is 1. The van der Waals surface area contributed by atoms with Gasteiger partial charge in [0, 0.05) is 37.1 Å². The smallest absolute Gasteiger partial charge is 0.253 e. The molecule has 0 unspecified atom stereocenters. The SMILES string of the molecule is CC(C)c1nccn1Cc1cccc(NC(=O)[C@@H]2CC[C@H](CN)O2)c1.Cl.Cl. The first-order valence-corrected chi connectivity index (χ1v) is 8.83. The lowest BCUT2D eigenvalue weighted by Crippen LogP contribution is -2.29. The molecule has 1 amide bonds. The summed E-state index contributed by atoms with van der Waals surface area (Å²) in [4.78, 5) is 16.8. The molecule has 1 saturated heterocycles. The lowest BCUT2D eigenvalue weighted by molar-refractivity contribution is -0.126. The number of carbonyl (C=O) groups excluding carboxylic acids is 1. The van der Waals surface area contributed by atoms with Crippen LogP contribution in [0.5, 0.6) is 0 Å². The van der Waals surface area contributed by atoms with Crippen LogP contribution in [0.2, 0.25) is 0 Å². The Morgan fingerprint density at radius 1 is 1.37 bits per heavy atom. The number of rotatable bonds is 6. The van der Waals surface area contributed by atoms with Gasteiger partial charge in [0.05, 0.1) is 6.10 Å². The van der Waals surface area contributed by atoms with Crippen LogP contribution in [-0.2, 0) is 16.1 Å². The summed E-state index contributed by atoms with van der Waals surface area (Å²) >= 11 is 0. The monoisotopic (exact) mass is 414 g/mol. The van der Waals surface area contributed by atoms with Gasteiger partial charge in [0.15, 0.2) is 0 Å². The zero-order valence-electron chi connectivity index (χ0n) is 15.6. The molecule has 6 nitrogen and oxygen atoms in total. The van der Waals surface area contributed by atoms with E-state index in [2.05, 4.69) is 34.8 Å². The number of amides is 1. The maximum absolute atomic E-state index is 12.4. The average molecular weight is 415 g/mol.